The van der Waals surface area contributed by atoms with Gasteiger partial charge in [-0.15, -0.1) is 0 Å². The number of carboxylic acids is 1. The molecule has 0 unspecified atom stereocenters. The van der Waals surface area contributed by atoms with E-state index in [1.165, 1.54) is 0 Å². The molecule has 0 fully saturated rings. The zero-order chi connectivity index (χ0) is 15.6. The van der Waals surface area contributed by atoms with Crippen molar-refractivity contribution in [3.63, 3.8) is 0 Å². The Morgan fingerprint density at radius 3 is 2.67 bits per heavy atom. The molecule has 0 amide bonds. The minimum Gasteiger partial charge on any atom is -0.477 e. The highest BCUT2D eigenvalue weighted by atomic mass is 16.6. The predicted octanol–water partition coefficient (Wildman–Crippen LogP) is 3.10. The van der Waals surface area contributed by atoms with Crippen LogP contribution >= 0.6 is 0 Å². The minimum atomic E-state index is -1.34. The fraction of sp³-hybridized carbons (Fsp3) is 0.143. The second-order valence-electron chi connectivity index (χ2n) is 4.48. The van der Waals surface area contributed by atoms with Crippen molar-refractivity contribution in [3.8, 4) is 11.6 Å². The number of nitro groups is 1. The average Bonchev–Trinajstić information content (AvgIpc) is 2.42. The molecule has 1 aromatic carbocycles. The van der Waals surface area contributed by atoms with Crippen molar-refractivity contribution >= 4 is 11.7 Å². The zero-order valence-corrected chi connectivity index (χ0v) is 11.4. The van der Waals surface area contributed by atoms with Gasteiger partial charge in [0, 0.05) is 6.07 Å². The minimum absolute atomic E-state index is 0.179. The molecule has 2 aromatic rings. The van der Waals surface area contributed by atoms with Gasteiger partial charge in [-0.2, -0.15) is 0 Å². The average molecular weight is 288 g/mol. The second kappa shape index (κ2) is 5.58. The summed E-state index contributed by atoms with van der Waals surface area (Å²) in [6.45, 7) is 3.67. The van der Waals surface area contributed by atoms with E-state index >= 15 is 0 Å². The van der Waals surface area contributed by atoms with E-state index in [1.54, 1.807) is 13.0 Å². The molecule has 7 nitrogen and oxygen atoms in total. The topological polar surface area (TPSA) is 103 Å². The molecule has 0 atom stereocenters. The highest BCUT2D eigenvalue weighted by Crippen LogP contribution is 2.29. The molecule has 108 valence electrons. The molecule has 0 bridgehead atoms. The Morgan fingerprint density at radius 1 is 1.33 bits per heavy atom. The van der Waals surface area contributed by atoms with Crippen LogP contribution in [0.2, 0.25) is 0 Å². The van der Waals surface area contributed by atoms with Gasteiger partial charge in [-0.05, 0) is 31.0 Å². The van der Waals surface area contributed by atoms with Gasteiger partial charge in [-0.1, -0.05) is 12.1 Å². The van der Waals surface area contributed by atoms with Crippen molar-refractivity contribution in [1.29, 1.82) is 0 Å². The van der Waals surface area contributed by atoms with E-state index in [0.29, 0.717) is 5.75 Å². The predicted molar refractivity (Wildman–Crippen MR) is 73.8 cm³/mol. The molecule has 0 saturated carbocycles. The number of carbonyl (C=O) groups is 1. The molecule has 0 saturated heterocycles. The van der Waals surface area contributed by atoms with Gasteiger partial charge in [0.1, 0.15) is 17.5 Å². The summed E-state index contributed by atoms with van der Waals surface area (Å²) in [7, 11) is 0. The first-order valence-electron chi connectivity index (χ1n) is 6.01. The van der Waals surface area contributed by atoms with Gasteiger partial charge in [-0.3, -0.25) is 10.1 Å². The molecule has 2 rings (SSSR count). The lowest BCUT2D eigenvalue weighted by atomic mass is 10.1. The number of aromatic carboxylic acids is 1. The van der Waals surface area contributed by atoms with Crippen molar-refractivity contribution in [2.45, 2.75) is 13.8 Å². The molecule has 0 aliphatic heterocycles. The van der Waals surface area contributed by atoms with Crippen molar-refractivity contribution < 1.29 is 19.6 Å². The molecule has 0 radical (unpaired) electrons. The third kappa shape index (κ3) is 3.14. The number of carboxylic acid groups (broad SMARTS) is 1. The van der Waals surface area contributed by atoms with Crippen LogP contribution in [0.4, 0.5) is 5.69 Å². The third-order valence-electron chi connectivity index (χ3n) is 2.83. The Labute approximate surface area is 120 Å². The smallest absolute Gasteiger partial charge is 0.341 e. The Hall–Kier alpha value is -2.96. The number of aromatic nitrogens is 1. The van der Waals surface area contributed by atoms with Crippen LogP contribution in [0.5, 0.6) is 11.6 Å². The van der Waals surface area contributed by atoms with E-state index in [-0.39, 0.29) is 11.4 Å². The summed E-state index contributed by atoms with van der Waals surface area (Å²) >= 11 is 0. The maximum absolute atomic E-state index is 11.2. The molecule has 0 spiro atoms. The highest BCUT2D eigenvalue weighted by molar-refractivity contribution is 5.91. The second-order valence-corrected chi connectivity index (χ2v) is 4.48. The maximum atomic E-state index is 11.2. The summed E-state index contributed by atoms with van der Waals surface area (Å²) in [5, 5.41) is 19.8. The maximum Gasteiger partial charge on any atom is 0.341 e. The largest absolute Gasteiger partial charge is 0.477 e. The van der Waals surface area contributed by atoms with E-state index in [4.69, 9.17) is 9.84 Å². The van der Waals surface area contributed by atoms with Crippen LogP contribution in [-0.4, -0.2) is 21.0 Å². The van der Waals surface area contributed by atoms with E-state index < -0.39 is 16.6 Å². The number of rotatable bonds is 4. The first-order chi connectivity index (χ1) is 9.88. The molecule has 0 aliphatic carbocycles. The Balaban J connectivity index is 2.46. The van der Waals surface area contributed by atoms with Crippen molar-refractivity contribution in [1.82, 2.24) is 4.98 Å². The lowest BCUT2D eigenvalue weighted by Gasteiger charge is -2.10. The van der Waals surface area contributed by atoms with Gasteiger partial charge in [0.2, 0.25) is 5.88 Å². The summed E-state index contributed by atoms with van der Waals surface area (Å²) in [6, 6.07) is 6.39. The van der Waals surface area contributed by atoms with E-state index in [9.17, 15) is 14.9 Å². The zero-order valence-electron chi connectivity index (χ0n) is 11.4. The number of aryl methyl sites for hydroxylation is 2. The van der Waals surface area contributed by atoms with Gasteiger partial charge in [-0.25, -0.2) is 9.78 Å². The fourth-order valence-electron chi connectivity index (χ4n) is 1.70. The Morgan fingerprint density at radius 2 is 2.05 bits per heavy atom. The lowest BCUT2D eigenvalue weighted by Crippen LogP contribution is -2.04. The standard InChI is InChI=1S/C14H12N2O5/c1-8-3-4-9(2)12(5-8)21-13-11(14(17)18)6-10(7-15-13)16(19)20/h3-7H,1-2H3,(H,17,18). The van der Waals surface area contributed by atoms with Gasteiger partial charge >= 0.3 is 5.97 Å². The van der Waals surface area contributed by atoms with Gasteiger partial charge in [0.25, 0.3) is 5.69 Å². The summed E-state index contributed by atoms with van der Waals surface area (Å²) in [5.41, 5.74) is 0.984. The molecule has 21 heavy (non-hydrogen) atoms. The van der Waals surface area contributed by atoms with Crippen LogP contribution in [0.3, 0.4) is 0 Å². The molecular formula is C14H12N2O5. The van der Waals surface area contributed by atoms with Gasteiger partial charge < -0.3 is 9.84 Å². The number of hydrogen-bond donors (Lipinski definition) is 1. The molecular weight excluding hydrogens is 276 g/mol. The number of hydrogen-bond acceptors (Lipinski definition) is 5. The van der Waals surface area contributed by atoms with Gasteiger partial charge in [0.05, 0.1) is 4.92 Å². The third-order valence-corrected chi connectivity index (χ3v) is 2.83. The van der Waals surface area contributed by atoms with Crippen LogP contribution in [0.25, 0.3) is 0 Å². The Kier molecular flexibility index (Phi) is 3.84. The summed E-state index contributed by atoms with van der Waals surface area (Å²) in [5.74, 6) is -1.06. The molecule has 1 aromatic heterocycles. The number of benzene rings is 1. The Bertz CT molecular complexity index is 727. The first kappa shape index (κ1) is 14.4. The van der Waals surface area contributed by atoms with Crippen LogP contribution in [0.1, 0.15) is 21.5 Å². The molecule has 1 heterocycles. The summed E-state index contributed by atoms with van der Waals surface area (Å²) < 4.78 is 5.50. The fourth-order valence-corrected chi connectivity index (χ4v) is 1.70. The van der Waals surface area contributed by atoms with Gasteiger partial charge in [0.15, 0.2) is 0 Å². The van der Waals surface area contributed by atoms with Crippen molar-refractivity contribution in [3.05, 3.63) is 57.3 Å². The van der Waals surface area contributed by atoms with E-state index in [1.807, 2.05) is 19.1 Å². The highest BCUT2D eigenvalue weighted by Gasteiger charge is 2.19. The number of pyridine rings is 1. The van der Waals surface area contributed by atoms with E-state index in [2.05, 4.69) is 4.98 Å². The molecule has 7 heteroatoms. The lowest BCUT2D eigenvalue weighted by molar-refractivity contribution is -0.385. The van der Waals surface area contributed by atoms with Crippen LogP contribution < -0.4 is 4.74 Å². The van der Waals surface area contributed by atoms with E-state index in [0.717, 1.165) is 23.4 Å². The van der Waals surface area contributed by atoms with Crippen LogP contribution in [-0.2, 0) is 0 Å². The monoisotopic (exact) mass is 288 g/mol. The van der Waals surface area contributed by atoms with Crippen LogP contribution in [0, 0.1) is 24.0 Å². The normalized spacial score (nSPS) is 10.2. The number of nitrogens with zero attached hydrogens (tertiary/aromatic N) is 2. The summed E-state index contributed by atoms with van der Waals surface area (Å²) in [4.78, 5) is 24.9. The number of ether oxygens (including phenoxy) is 1. The van der Waals surface area contributed by atoms with Crippen molar-refractivity contribution in [2.75, 3.05) is 0 Å². The molecule has 1 N–H and O–H groups in total. The van der Waals surface area contributed by atoms with Crippen molar-refractivity contribution in [2.24, 2.45) is 0 Å². The molecule has 0 aliphatic rings. The summed E-state index contributed by atoms with van der Waals surface area (Å²) in [6.07, 6.45) is 0.965. The van der Waals surface area contributed by atoms with Crippen LogP contribution in [0.15, 0.2) is 30.5 Å². The first-order valence-corrected chi connectivity index (χ1v) is 6.01. The quantitative estimate of drug-likeness (QED) is 0.685. The SMILES string of the molecule is Cc1ccc(C)c(Oc2ncc([N+](=O)[O-])cc2C(=O)O)c1.